The predicted octanol–water partition coefficient (Wildman–Crippen LogP) is 2.59. The van der Waals surface area contributed by atoms with E-state index in [1.54, 1.807) is 0 Å². The van der Waals surface area contributed by atoms with Crippen LogP contribution in [0, 0.1) is 0 Å². The van der Waals surface area contributed by atoms with Gasteiger partial charge < -0.3 is 5.73 Å². The second kappa shape index (κ2) is 5.70. The zero-order chi connectivity index (χ0) is 13.2. The third-order valence-electron chi connectivity index (χ3n) is 4.46. The summed E-state index contributed by atoms with van der Waals surface area (Å²) in [6.45, 7) is 5.64. The number of hydrogen-bond donors (Lipinski definition) is 1. The van der Waals surface area contributed by atoms with E-state index in [0.717, 1.165) is 41.9 Å². The lowest BCUT2D eigenvalue weighted by atomic mass is 9.99. The lowest BCUT2D eigenvalue weighted by molar-refractivity contribution is 0.0458. The molecule has 2 aliphatic heterocycles. The van der Waals surface area contributed by atoms with Crippen LogP contribution in [-0.2, 0) is 6.54 Å². The first-order chi connectivity index (χ1) is 9.24. The van der Waals surface area contributed by atoms with E-state index in [2.05, 4.69) is 9.80 Å². The Morgan fingerprint density at radius 1 is 1.21 bits per heavy atom. The number of piperidine rings is 1. The fraction of sp³-hybridized carbons (Fsp3) is 0.600. The number of anilines is 1. The standard InChI is InChI=1S/C15H22ClN3/c16-14-5-3-6-15(17)13(14)11-18-8-9-19-7-2-1-4-12(19)10-18/h3,5-6,12H,1-2,4,7-11,17H2. The first-order valence-corrected chi connectivity index (χ1v) is 7.61. The van der Waals surface area contributed by atoms with E-state index in [0.29, 0.717) is 0 Å². The molecule has 2 fully saturated rings. The van der Waals surface area contributed by atoms with Crippen molar-refractivity contribution >= 4 is 17.3 Å². The minimum Gasteiger partial charge on any atom is -0.398 e. The third-order valence-corrected chi connectivity index (χ3v) is 4.81. The van der Waals surface area contributed by atoms with Crippen molar-refractivity contribution in [3.8, 4) is 0 Å². The maximum atomic E-state index is 6.27. The number of piperazine rings is 1. The molecule has 1 aromatic rings. The Balaban J connectivity index is 1.67. The lowest BCUT2D eigenvalue weighted by Crippen LogP contribution is -2.54. The van der Waals surface area contributed by atoms with Crippen LogP contribution in [0.15, 0.2) is 18.2 Å². The summed E-state index contributed by atoms with van der Waals surface area (Å²) in [6.07, 6.45) is 4.09. The van der Waals surface area contributed by atoms with Crippen molar-refractivity contribution < 1.29 is 0 Å². The summed E-state index contributed by atoms with van der Waals surface area (Å²) < 4.78 is 0. The number of rotatable bonds is 2. The zero-order valence-electron chi connectivity index (χ0n) is 11.3. The Labute approximate surface area is 120 Å². The molecule has 0 radical (unpaired) electrons. The summed E-state index contributed by atoms with van der Waals surface area (Å²) in [6, 6.07) is 6.54. The van der Waals surface area contributed by atoms with Gasteiger partial charge in [-0.25, -0.2) is 0 Å². The van der Waals surface area contributed by atoms with E-state index in [9.17, 15) is 0 Å². The van der Waals surface area contributed by atoms with E-state index in [4.69, 9.17) is 17.3 Å². The highest BCUT2D eigenvalue weighted by Crippen LogP contribution is 2.26. The maximum absolute atomic E-state index is 6.27. The SMILES string of the molecule is Nc1cccc(Cl)c1CN1CCN2CCCCC2C1. The second-order valence-electron chi connectivity index (χ2n) is 5.73. The highest BCUT2D eigenvalue weighted by molar-refractivity contribution is 6.31. The topological polar surface area (TPSA) is 32.5 Å². The van der Waals surface area contributed by atoms with E-state index in [1.165, 1.54) is 32.4 Å². The normalized spacial score (nSPS) is 25.2. The molecule has 19 heavy (non-hydrogen) atoms. The largest absolute Gasteiger partial charge is 0.398 e. The molecule has 0 amide bonds. The van der Waals surface area contributed by atoms with Crippen LogP contribution in [0.25, 0.3) is 0 Å². The number of hydrogen-bond acceptors (Lipinski definition) is 3. The molecule has 2 N–H and O–H groups in total. The van der Waals surface area contributed by atoms with Crippen LogP contribution < -0.4 is 5.73 Å². The van der Waals surface area contributed by atoms with Gasteiger partial charge in [0.2, 0.25) is 0 Å². The maximum Gasteiger partial charge on any atom is 0.0471 e. The molecule has 1 aromatic carbocycles. The summed E-state index contributed by atoms with van der Waals surface area (Å²) in [5.74, 6) is 0. The quantitative estimate of drug-likeness (QED) is 0.845. The summed E-state index contributed by atoms with van der Waals surface area (Å²) in [5.41, 5.74) is 7.96. The van der Waals surface area contributed by atoms with Crippen molar-refractivity contribution in [3.05, 3.63) is 28.8 Å². The molecule has 0 aliphatic carbocycles. The second-order valence-corrected chi connectivity index (χ2v) is 6.14. The van der Waals surface area contributed by atoms with Crippen molar-refractivity contribution in [2.45, 2.75) is 31.8 Å². The molecule has 0 aromatic heterocycles. The molecule has 104 valence electrons. The molecule has 1 atom stereocenters. The van der Waals surface area contributed by atoms with Gasteiger partial charge in [0.25, 0.3) is 0 Å². The van der Waals surface area contributed by atoms with Crippen LogP contribution >= 0.6 is 11.6 Å². The van der Waals surface area contributed by atoms with Crippen LogP contribution in [0.5, 0.6) is 0 Å². The van der Waals surface area contributed by atoms with E-state index < -0.39 is 0 Å². The number of nitrogens with zero attached hydrogens (tertiary/aromatic N) is 2. The number of benzene rings is 1. The monoisotopic (exact) mass is 279 g/mol. The Morgan fingerprint density at radius 3 is 2.95 bits per heavy atom. The van der Waals surface area contributed by atoms with Crippen LogP contribution in [0.3, 0.4) is 0 Å². The fourth-order valence-corrected chi connectivity index (χ4v) is 3.57. The van der Waals surface area contributed by atoms with Gasteiger partial charge in [0.1, 0.15) is 0 Å². The number of halogens is 1. The number of fused-ring (bicyclic) bond motifs is 1. The first kappa shape index (κ1) is 13.2. The average molecular weight is 280 g/mol. The molecule has 3 nitrogen and oxygen atoms in total. The van der Waals surface area contributed by atoms with Gasteiger partial charge in [0.05, 0.1) is 0 Å². The minimum atomic E-state index is 0.742. The van der Waals surface area contributed by atoms with E-state index >= 15 is 0 Å². The Bertz CT molecular complexity index is 429. The Kier molecular flexibility index (Phi) is 3.96. The molecule has 2 aliphatic rings. The van der Waals surface area contributed by atoms with Crippen molar-refractivity contribution in [2.24, 2.45) is 0 Å². The van der Waals surface area contributed by atoms with Crippen LogP contribution in [0.4, 0.5) is 5.69 Å². The summed E-state index contributed by atoms with van der Waals surface area (Å²) in [7, 11) is 0. The van der Waals surface area contributed by atoms with Gasteiger partial charge in [-0.3, -0.25) is 9.80 Å². The molecular weight excluding hydrogens is 258 g/mol. The van der Waals surface area contributed by atoms with Crippen molar-refractivity contribution in [2.75, 3.05) is 31.9 Å². The Morgan fingerprint density at radius 2 is 2.11 bits per heavy atom. The molecule has 2 heterocycles. The summed E-state index contributed by atoms with van der Waals surface area (Å²) in [5, 5.41) is 0.797. The van der Waals surface area contributed by atoms with Crippen LogP contribution in [0.2, 0.25) is 5.02 Å². The van der Waals surface area contributed by atoms with Gasteiger partial charge >= 0.3 is 0 Å². The Hall–Kier alpha value is -0.770. The van der Waals surface area contributed by atoms with Crippen molar-refractivity contribution in [3.63, 3.8) is 0 Å². The third kappa shape index (κ3) is 2.88. The van der Waals surface area contributed by atoms with Gasteiger partial charge in [-0.15, -0.1) is 0 Å². The highest BCUT2D eigenvalue weighted by atomic mass is 35.5. The lowest BCUT2D eigenvalue weighted by Gasteiger charge is -2.44. The molecule has 2 saturated heterocycles. The molecule has 4 heteroatoms. The van der Waals surface area contributed by atoms with E-state index in [1.807, 2.05) is 18.2 Å². The molecule has 0 spiro atoms. The average Bonchev–Trinajstić information content (AvgIpc) is 2.43. The molecule has 0 saturated carbocycles. The number of nitrogen functional groups attached to an aromatic ring is 1. The smallest absolute Gasteiger partial charge is 0.0471 e. The number of nitrogens with two attached hydrogens (primary N) is 1. The van der Waals surface area contributed by atoms with Crippen molar-refractivity contribution in [1.82, 2.24) is 9.80 Å². The predicted molar refractivity (Wildman–Crippen MR) is 80.4 cm³/mol. The van der Waals surface area contributed by atoms with Gasteiger partial charge in [0, 0.05) is 48.5 Å². The van der Waals surface area contributed by atoms with Crippen LogP contribution in [-0.4, -0.2) is 42.0 Å². The first-order valence-electron chi connectivity index (χ1n) is 7.23. The van der Waals surface area contributed by atoms with E-state index in [-0.39, 0.29) is 0 Å². The fourth-order valence-electron chi connectivity index (χ4n) is 3.33. The highest BCUT2D eigenvalue weighted by Gasteiger charge is 2.29. The summed E-state index contributed by atoms with van der Waals surface area (Å²) in [4.78, 5) is 5.15. The molecule has 1 unspecified atom stereocenters. The molecular formula is C15H22ClN3. The molecule has 0 bridgehead atoms. The van der Waals surface area contributed by atoms with Gasteiger partial charge in [-0.1, -0.05) is 24.1 Å². The summed E-state index contributed by atoms with van der Waals surface area (Å²) >= 11 is 6.27. The van der Waals surface area contributed by atoms with Gasteiger partial charge in [-0.05, 0) is 31.5 Å². The molecule has 3 rings (SSSR count). The zero-order valence-corrected chi connectivity index (χ0v) is 12.1. The van der Waals surface area contributed by atoms with Crippen molar-refractivity contribution in [1.29, 1.82) is 0 Å². The van der Waals surface area contributed by atoms with Crippen LogP contribution in [0.1, 0.15) is 24.8 Å². The van der Waals surface area contributed by atoms with Gasteiger partial charge in [-0.2, -0.15) is 0 Å². The minimum absolute atomic E-state index is 0.742. The van der Waals surface area contributed by atoms with Gasteiger partial charge in [0.15, 0.2) is 0 Å².